The van der Waals surface area contributed by atoms with Gasteiger partial charge in [0.2, 0.25) is 0 Å². The minimum Gasteiger partial charge on any atom is -0.494 e. The number of ether oxygens (including phenoxy) is 1. The molecule has 0 amide bonds. The summed E-state index contributed by atoms with van der Waals surface area (Å²) < 4.78 is 5.34. The van der Waals surface area contributed by atoms with Gasteiger partial charge in [-0.15, -0.1) is 0 Å². The summed E-state index contributed by atoms with van der Waals surface area (Å²) in [5, 5.41) is 10.9. The SMILES string of the molecule is CCOc1cc(N(C)CCCN)cc([N+](=O)[O-])c1. The number of nitrogens with two attached hydrogens (primary N) is 1. The molecular weight excluding hydrogens is 234 g/mol. The molecule has 1 aromatic rings. The van der Waals surface area contributed by atoms with E-state index in [1.54, 1.807) is 12.1 Å². The maximum absolute atomic E-state index is 10.9. The van der Waals surface area contributed by atoms with Crippen LogP contribution in [0.3, 0.4) is 0 Å². The van der Waals surface area contributed by atoms with Gasteiger partial charge in [0.25, 0.3) is 5.69 Å². The summed E-state index contributed by atoms with van der Waals surface area (Å²) >= 11 is 0. The van der Waals surface area contributed by atoms with E-state index in [-0.39, 0.29) is 5.69 Å². The number of benzene rings is 1. The van der Waals surface area contributed by atoms with Crippen molar-refractivity contribution in [3.05, 3.63) is 28.3 Å². The first kappa shape index (κ1) is 14.2. The van der Waals surface area contributed by atoms with E-state index in [0.29, 0.717) is 18.9 Å². The van der Waals surface area contributed by atoms with Gasteiger partial charge in [-0.25, -0.2) is 0 Å². The number of nitro groups is 1. The molecule has 6 heteroatoms. The summed E-state index contributed by atoms with van der Waals surface area (Å²) in [6.07, 6.45) is 0.836. The first-order chi connectivity index (χ1) is 8.58. The third-order valence-corrected chi connectivity index (χ3v) is 2.54. The Morgan fingerprint density at radius 1 is 1.44 bits per heavy atom. The third-order valence-electron chi connectivity index (χ3n) is 2.54. The molecule has 0 saturated carbocycles. The number of nitrogens with zero attached hydrogens (tertiary/aromatic N) is 2. The molecule has 0 aromatic heterocycles. The molecule has 18 heavy (non-hydrogen) atoms. The van der Waals surface area contributed by atoms with Crippen molar-refractivity contribution in [3.8, 4) is 5.75 Å². The topological polar surface area (TPSA) is 81.6 Å². The molecule has 0 bridgehead atoms. The van der Waals surface area contributed by atoms with E-state index < -0.39 is 4.92 Å². The minimum absolute atomic E-state index is 0.0375. The van der Waals surface area contributed by atoms with Crippen molar-refractivity contribution < 1.29 is 9.66 Å². The van der Waals surface area contributed by atoms with E-state index >= 15 is 0 Å². The smallest absolute Gasteiger partial charge is 0.275 e. The highest BCUT2D eigenvalue weighted by Crippen LogP contribution is 2.28. The zero-order valence-corrected chi connectivity index (χ0v) is 10.8. The van der Waals surface area contributed by atoms with Gasteiger partial charge in [0, 0.05) is 31.4 Å². The summed E-state index contributed by atoms with van der Waals surface area (Å²) in [4.78, 5) is 12.4. The Bertz CT molecular complexity index is 410. The van der Waals surface area contributed by atoms with Gasteiger partial charge in [-0.1, -0.05) is 0 Å². The van der Waals surface area contributed by atoms with Gasteiger partial charge in [-0.3, -0.25) is 10.1 Å². The molecule has 0 radical (unpaired) electrons. The highest BCUT2D eigenvalue weighted by molar-refractivity contribution is 5.57. The molecule has 0 saturated heterocycles. The van der Waals surface area contributed by atoms with Crippen molar-refractivity contribution in [3.63, 3.8) is 0 Å². The van der Waals surface area contributed by atoms with Gasteiger partial charge in [0.05, 0.1) is 17.6 Å². The van der Waals surface area contributed by atoms with E-state index in [1.165, 1.54) is 6.07 Å². The Hall–Kier alpha value is -1.82. The molecular formula is C12H19N3O3. The lowest BCUT2D eigenvalue weighted by molar-refractivity contribution is -0.384. The van der Waals surface area contributed by atoms with Crippen LogP contribution in [-0.2, 0) is 0 Å². The Kier molecular flexibility index (Phi) is 5.38. The molecule has 6 nitrogen and oxygen atoms in total. The predicted octanol–water partition coefficient (Wildman–Crippen LogP) is 1.78. The molecule has 0 spiro atoms. The average molecular weight is 253 g/mol. The Labute approximate surface area is 106 Å². The van der Waals surface area contributed by atoms with Crippen LogP contribution in [-0.4, -0.2) is 31.7 Å². The van der Waals surface area contributed by atoms with Crippen molar-refractivity contribution in [2.45, 2.75) is 13.3 Å². The van der Waals surface area contributed by atoms with Crippen molar-refractivity contribution >= 4 is 11.4 Å². The van der Waals surface area contributed by atoms with Crippen molar-refractivity contribution in [2.75, 3.05) is 31.6 Å². The summed E-state index contributed by atoms with van der Waals surface area (Å²) in [5.74, 6) is 0.515. The van der Waals surface area contributed by atoms with Crippen LogP contribution in [0.5, 0.6) is 5.75 Å². The predicted molar refractivity (Wildman–Crippen MR) is 71.2 cm³/mol. The van der Waals surface area contributed by atoms with E-state index in [9.17, 15) is 10.1 Å². The molecule has 0 aliphatic carbocycles. The molecule has 1 aromatic carbocycles. The van der Waals surface area contributed by atoms with Crippen LogP contribution in [0.4, 0.5) is 11.4 Å². The van der Waals surface area contributed by atoms with Gasteiger partial charge in [-0.05, 0) is 19.9 Å². The second-order valence-electron chi connectivity index (χ2n) is 3.94. The van der Waals surface area contributed by atoms with E-state index in [2.05, 4.69) is 0 Å². The highest BCUT2D eigenvalue weighted by atomic mass is 16.6. The standard InChI is InChI=1S/C12H19N3O3/c1-3-18-12-8-10(14(2)6-4-5-13)7-11(9-12)15(16)17/h7-9H,3-6,13H2,1-2H3. The minimum atomic E-state index is -0.414. The fourth-order valence-electron chi connectivity index (χ4n) is 1.60. The quantitative estimate of drug-likeness (QED) is 0.591. The number of rotatable bonds is 7. The van der Waals surface area contributed by atoms with Gasteiger partial charge in [0.1, 0.15) is 5.75 Å². The first-order valence-corrected chi connectivity index (χ1v) is 5.92. The maximum Gasteiger partial charge on any atom is 0.275 e. The van der Waals surface area contributed by atoms with Gasteiger partial charge < -0.3 is 15.4 Å². The number of anilines is 1. The Balaban J connectivity index is 2.98. The lowest BCUT2D eigenvalue weighted by atomic mass is 10.2. The molecule has 0 aliphatic rings. The summed E-state index contributed by atoms with van der Waals surface area (Å²) in [7, 11) is 1.88. The van der Waals surface area contributed by atoms with E-state index in [1.807, 2.05) is 18.9 Å². The summed E-state index contributed by atoms with van der Waals surface area (Å²) in [5.41, 5.74) is 6.25. The van der Waals surface area contributed by atoms with Crippen molar-refractivity contribution in [2.24, 2.45) is 5.73 Å². The number of hydrogen-bond acceptors (Lipinski definition) is 5. The number of non-ortho nitro benzene ring substituents is 1. The molecule has 100 valence electrons. The summed E-state index contributed by atoms with van der Waals surface area (Å²) in [6.45, 7) is 3.67. The van der Waals surface area contributed by atoms with E-state index in [4.69, 9.17) is 10.5 Å². The first-order valence-electron chi connectivity index (χ1n) is 5.92. The van der Waals surface area contributed by atoms with Crippen LogP contribution in [0.15, 0.2) is 18.2 Å². The number of hydrogen-bond donors (Lipinski definition) is 1. The maximum atomic E-state index is 10.9. The van der Waals surface area contributed by atoms with Gasteiger partial charge >= 0.3 is 0 Å². The molecule has 0 heterocycles. The zero-order valence-electron chi connectivity index (χ0n) is 10.8. The molecule has 0 fully saturated rings. The fourth-order valence-corrected chi connectivity index (χ4v) is 1.60. The van der Waals surface area contributed by atoms with Gasteiger partial charge in [0.15, 0.2) is 0 Å². The van der Waals surface area contributed by atoms with Crippen LogP contribution in [0.2, 0.25) is 0 Å². The lowest BCUT2D eigenvalue weighted by Crippen LogP contribution is -2.21. The Morgan fingerprint density at radius 2 is 2.17 bits per heavy atom. The molecule has 0 unspecified atom stereocenters. The third kappa shape index (κ3) is 3.89. The van der Waals surface area contributed by atoms with Crippen LogP contribution in [0, 0.1) is 10.1 Å². The van der Waals surface area contributed by atoms with Crippen LogP contribution in [0.1, 0.15) is 13.3 Å². The second kappa shape index (κ2) is 6.80. The number of nitro benzene ring substituents is 1. The zero-order chi connectivity index (χ0) is 13.5. The highest BCUT2D eigenvalue weighted by Gasteiger charge is 2.12. The van der Waals surface area contributed by atoms with Crippen molar-refractivity contribution in [1.29, 1.82) is 0 Å². The van der Waals surface area contributed by atoms with Crippen LogP contribution in [0.25, 0.3) is 0 Å². The molecule has 0 aliphatic heterocycles. The lowest BCUT2D eigenvalue weighted by Gasteiger charge is -2.19. The summed E-state index contributed by atoms with van der Waals surface area (Å²) in [6, 6.07) is 4.77. The fraction of sp³-hybridized carbons (Fsp3) is 0.500. The normalized spacial score (nSPS) is 10.2. The molecule has 2 N–H and O–H groups in total. The average Bonchev–Trinajstić information content (AvgIpc) is 2.35. The molecule has 1 rings (SSSR count). The monoisotopic (exact) mass is 253 g/mol. The Morgan fingerprint density at radius 3 is 2.72 bits per heavy atom. The van der Waals surface area contributed by atoms with Crippen LogP contribution >= 0.6 is 0 Å². The largest absolute Gasteiger partial charge is 0.494 e. The van der Waals surface area contributed by atoms with Crippen molar-refractivity contribution in [1.82, 2.24) is 0 Å². The van der Waals surface area contributed by atoms with Crippen LogP contribution < -0.4 is 15.4 Å². The molecule has 0 atom stereocenters. The van der Waals surface area contributed by atoms with E-state index in [0.717, 1.165) is 18.7 Å². The van der Waals surface area contributed by atoms with Gasteiger partial charge in [-0.2, -0.15) is 0 Å². The second-order valence-corrected chi connectivity index (χ2v) is 3.94.